The van der Waals surface area contributed by atoms with Gasteiger partial charge in [0.25, 0.3) is 5.91 Å². The van der Waals surface area contributed by atoms with Gasteiger partial charge in [-0.2, -0.15) is 5.10 Å². The fourth-order valence-electron chi connectivity index (χ4n) is 5.13. The molecule has 2 fully saturated rings. The molecule has 178 valence electrons. The number of likely N-dealkylation sites (tertiary alicyclic amines) is 1. The molecule has 34 heavy (non-hydrogen) atoms. The lowest BCUT2D eigenvalue weighted by Crippen LogP contribution is -2.50. The Hall–Kier alpha value is -2.90. The zero-order valence-electron chi connectivity index (χ0n) is 19.6. The van der Waals surface area contributed by atoms with E-state index >= 15 is 0 Å². The van der Waals surface area contributed by atoms with Crippen LogP contribution in [-0.2, 0) is 7.05 Å². The molecule has 2 aliphatic heterocycles. The van der Waals surface area contributed by atoms with E-state index in [0.717, 1.165) is 70.0 Å². The quantitative estimate of drug-likeness (QED) is 0.558. The number of aromatic nitrogens is 3. The highest BCUT2D eigenvalue weighted by atomic mass is 35.5. The molecule has 7 nitrogen and oxygen atoms in total. The molecule has 0 N–H and O–H groups in total. The van der Waals surface area contributed by atoms with E-state index in [0.29, 0.717) is 22.2 Å². The van der Waals surface area contributed by atoms with E-state index in [1.54, 1.807) is 4.68 Å². The molecule has 2 saturated heterocycles. The number of hydrogen-bond acceptors (Lipinski definition) is 5. The molecule has 1 aromatic carbocycles. The van der Waals surface area contributed by atoms with E-state index in [9.17, 15) is 4.79 Å². The third kappa shape index (κ3) is 4.95. The second-order valence-electron chi connectivity index (χ2n) is 9.28. The lowest BCUT2D eigenvalue weighted by Gasteiger charge is -2.39. The van der Waals surface area contributed by atoms with Gasteiger partial charge in [-0.05, 0) is 37.0 Å². The molecule has 0 saturated carbocycles. The molecule has 2 aliphatic rings. The Labute approximate surface area is 205 Å². The molecule has 5 rings (SSSR count). The van der Waals surface area contributed by atoms with Gasteiger partial charge in [0.2, 0.25) is 0 Å². The Morgan fingerprint density at radius 3 is 2.62 bits per heavy atom. The predicted octanol–water partition coefficient (Wildman–Crippen LogP) is 3.81. The van der Waals surface area contributed by atoms with E-state index in [4.69, 9.17) is 11.6 Å². The summed E-state index contributed by atoms with van der Waals surface area (Å²) in [4.78, 5) is 24.9. The van der Waals surface area contributed by atoms with Crippen molar-refractivity contribution in [2.45, 2.75) is 12.8 Å². The number of piperazine rings is 1. The number of rotatable bonds is 5. The van der Waals surface area contributed by atoms with Gasteiger partial charge in [-0.1, -0.05) is 35.9 Å². The third-order valence-corrected chi connectivity index (χ3v) is 7.19. The van der Waals surface area contributed by atoms with E-state index in [-0.39, 0.29) is 5.91 Å². The smallest absolute Gasteiger partial charge is 0.257 e. The summed E-state index contributed by atoms with van der Waals surface area (Å²) < 4.78 is 1.70. The van der Waals surface area contributed by atoms with Gasteiger partial charge in [-0.3, -0.25) is 14.4 Å². The summed E-state index contributed by atoms with van der Waals surface area (Å²) in [7, 11) is 1.85. The van der Waals surface area contributed by atoms with E-state index in [1.807, 2.05) is 60.7 Å². The standard InChI is InChI=1S/C26H31ClN6O/c1-30-19-22(25(29-30)21-8-2-3-9-23(21)27)26(34)33-12-6-7-20(18-33)17-31-13-15-32(16-14-31)24-10-4-5-11-28-24/h2-5,8-11,19-20H,6-7,12-18H2,1H3. The largest absolute Gasteiger partial charge is 0.354 e. The van der Waals surface area contributed by atoms with Gasteiger partial charge >= 0.3 is 0 Å². The number of amides is 1. The third-order valence-electron chi connectivity index (χ3n) is 6.86. The molecule has 0 aliphatic carbocycles. The molecule has 3 aromatic rings. The van der Waals surface area contributed by atoms with Crippen molar-refractivity contribution in [3.8, 4) is 11.3 Å². The summed E-state index contributed by atoms with van der Waals surface area (Å²) in [5.74, 6) is 1.59. The minimum atomic E-state index is 0.0488. The average Bonchev–Trinajstić information content (AvgIpc) is 3.26. The van der Waals surface area contributed by atoms with Crippen molar-refractivity contribution < 1.29 is 4.79 Å². The first kappa shape index (κ1) is 22.9. The second-order valence-corrected chi connectivity index (χ2v) is 9.69. The van der Waals surface area contributed by atoms with E-state index in [2.05, 4.69) is 25.9 Å². The summed E-state index contributed by atoms with van der Waals surface area (Å²) in [6.07, 6.45) is 5.87. The normalized spacial score (nSPS) is 19.4. The number of benzene rings is 1. The monoisotopic (exact) mass is 478 g/mol. The SMILES string of the molecule is Cn1cc(C(=O)N2CCCC(CN3CCN(c4ccccn4)CC3)C2)c(-c2ccccc2Cl)n1. The lowest BCUT2D eigenvalue weighted by atomic mass is 9.96. The van der Waals surface area contributed by atoms with Crippen LogP contribution in [0.1, 0.15) is 23.2 Å². The van der Waals surface area contributed by atoms with Crippen LogP contribution >= 0.6 is 11.6 Å². The highest BCUT2D eigenvalue weighted by Crippen LogP contribution is 2.30. The topological polar surface area (TPSA) is 57.5 Å². The summed E-state index contributed by atoms with van der Waals surface area (Å²) in [6, 6.07) is 13.7. The first-order chi connectivity index (χ1) is 16.6. The number of anilines is 1. The van der Waals surface area contributed by atoms with Gasteiger partial charge in [0.15, 0.2) is 0 Å². The highest BCUT2D eigenvalue weighted by molar-refractivity contribution is 6.33. The van der Waals surface area contributed by atoms with Crippen molar-refractivity contribution >= 4 is 23.3 Å². The van der Waals surface area contributed by atoms with Crippen molar-refractivity contribution in [2.75, 3.05) is 50.7 Å². The maximum Gasteiger partial charge on any atom is 0.257 e. The number of carbonyl (C=O) groups is 1. The Bertz CT molecular complexity index is 1130. The van der Waals surface area contributed by atoms with Crippen molar-refractivity contribution in [2.24, 2.45) is 13.0 Å². The fourth-order valence-corrected chi connectivity index (χ4v) is 5.36. The molecule has 1 amide bonds. The molecule has 1 unspecified atom stereocenters. The zero-order valence-corrected chi connectivity index (χ0v) is 20.4. The van der Waals surface area contributed by atoms with Gasteiger partial charge in [0.05, 0.1) is 10.6 Å². The Morgan fingerprint density at radius 1 is 1.06 bits per heavy atom. The fraction of sp³-hybridized carbons (Fsp3) is 0.423. The van der Waals surface area contributed by atoms with Crippen LogP contribution in [0.25, 0.3) is 11.3 Å². The van der Waals surface area contributed by atoms with Crippen molar-refractivity contribution in [3.05, 3.63) is 65.4 Å². The Morgan fingerprint density at radius 2 is 1.85 bits per heavy atom. The maximum atomic E-state index is 13.6. The summed E-state index contributed by atoms with van der Waals surface area (Å²) in [6.45, 7) is 6.65. The minimum absolute atomic E-state index is 0.0488. The van der Waals surface area contributed by atoms with Crippen LogP contribution in [0.5, 0.6) is 0 Å². The number of carbonyl (C=O) groups excluding carboxylic acids is 1. The van der Waals surface area contributed by atoms with Crippen molar-refractivity contribution in [1.29, 1.82) is 0 Å². The summed E-state index contributed by atoms with van der Waals surface area (Å²) >= 11 is 6.42. The van der Waals surface area contributed by atoms with Gasteiger partial charge in [-0.15, -0.1) is 0 Å². The predicted molar refractivity (Wildman–Crippen MR) is 135 cm³/mol. The van der Waals surface area contributed by atoms with Crippen molar-refractivity contribution in [3.63, 3.8) is 0 Å². The van der Waals surface area contributed by atoms with Gasteiger partial charge < -0.3 is 9.80 Å². The van der Waals surface area contributed by atoms with E-state index < -0.39 is 0 Å². The van der Waals surface area contributed by atoms with Crippen LogP contribution in [0.3, 0.4) is 0 Å². The summed E-state index contributed by atoms with van der Waals surface area (Å²) in [5.41, 5.74) is 2.08. The molecule has 0 spiro atoms. The minimum Gasteiger partial charge on any atom is -0.354 e. The molecule has 8 heteroatoms. The van der Waals surface area contributed by atoms with Crippen LogP contribution in [0.15, 0.2) is 54.9 Å². The molecule has 1 atom stereocenters. The number of halogens is 1. The molecule has 0 radical (unpaired) electrons. The number of piperidine rings is 1. The van der Waals surface area contributed by atoms with Crippen LogP contribution < -0.4 is 4.90 Å². The molecule has 2 aromatic heterocycles. The van der Waals surface area contributed by atoms with Gasteiger partial charge in [0, 0.05) is 70.8 Å². The zero-order chi connectivity index (χ0) is 23.5. The number of aryl methyl sites for hydroxylation is 1. The first-order valence-corrected chi connectivity index (χ1v) is 12.4. The molecular formula is C26H31ClN6O. The molecular weight excluding hydrogens is 448 g/mol. The number of hydrogen-bond donors (Lipinski definition) is 0. The van der Waals surface area contributed by atoms with Crippen molar-refractivity contribution in [1.82, 2.24) is 24.6 Å². The Balaban J connectivity index is 1.22. The van der Waals surface area contributed by atoms with Gasteiger partial charge in [-0.25, -0.2) is 4.98 Å². The molecule has 4 heterocycles. The number of nitrogens with zero attached hydrogens (tertiary/aromatic N) is 6. The van der Waals surface area contributed by atoms with Crippen LogP contribution in [-0.4, -0.2) is 76.3 Å². The average molecular weight is 479 g/mol. The second kappa shape index (κ2) is 10.2. The van der Waals surface area contributed by atoms with Gasteiger partial charge in [0.1, 0.15) is 11.5 Å². The first-order valence-electron chi connectivity index (χ1n) is 12.0. The summed E-state index contributed by atoms with van der Waals surface area (Å²) in [5, 5.41) is 5.18. The van der Waals surface area contributed by atoms with Crippen LogP contribution in [0.2, 0.25) is 5.02 Å². The maximum absolute atomic E-state index is 13.6. The van der Waals surface area contributed by atoms with E-state index in [1.165, 1.54) is 0 Å². The van der Waals surface area contributed by atoms with Crippen LogP contribution in [0.4, 0.5) is 5.82 Å². The lowest BCUT2D eigenvalue weighted by molar-refractivity contribution is 0.0638. The highest BCUT2D eigenvalue weighted by Gasteiger charge is 2.30. The van der Waals surface area contributed by atoms with Crippen LogP contribution in [0, 0.1) is 5.92 Å². The molecule has 0 bridgehead atoms. The Kier molecular flexibility index (Phi) is 6.83. The number of pyridine rings is 1.